The summed E-state index contributed by atoms with van der Waals surface area (Å²) in [6.07, 6.45) is 1.46. The summed E-state index contributed by atoms with van der Waals surface area (Å²) in [6.45, 7) is 0.450. The Labute approximate surface area is 65.1 Å². The Morgan fingerprint density at radius 3 is 2.64 bits per heavy atom. The van der Waals surface area contributed by atoms with E-state index in [2.05, 4.69) is 4.74 Å². The molecule has 0 bridgehead atoms. The summed E-state index contributed by atoms with van der Waals surface area (Å²) in [5.41, 5.74) is -0.585. The molecule has 11 heavy (non-hydrogen) atoms. The summed E-state index contributed by atoms with van der Waals surface area (Å²) in [5.74, 6) is -0.756. The molecule has 0 radical (unpaired) electrons. The molecule has 1 aliphatic rings. The summed E-state index contributed by atoms with van der Waals surface area (Å²) >= 11 is 0. The molecule has 0 aliphatic heterocycles. The highest BCUT2D eigenvalue weighted by atomic mass is 16.7. The normalized spacial score (nSPS) is 19.7. The minimum absolute atomic E-state index is 0.176. The van der Waals surface area contributed by atoms with Crippen LogP contribution in [0.5, 0.6) is 0 Å². The highest BCUT2D eigenvalue weighted by Crippen LogP contribution is 2.45. The monoisotopic (exact) mass is 160 g/mol. The van der Waals surface area contributed by atoms with Gasteiger partial charge in [0.15, 0.2) is 0 Å². The van der Waals surface area contributed by atoms with Gasteiger partial charge in [-0.05, 0) is 12.8 Å². The van der Waals surface area contributed by atoms with E-state index in [1.807, 2.05) is 0 Å². The Balaban J connectivity index is 2.20. The van der Waals surface area contributed by atoms with Gasteiger partial charge in [-0.2, -0.15) is 0 Å². The Bertz CT molecular complexity index is 151. The predicted molar refractivity (Wildman–Crippen MR) is 37.1 cm³/mol. The van der Waals surface area contributed by atoms with E-state index in [0.29, 0.717) is 0 Å². The molecule has 1 aliphatic carbocycles. The van der Waals surface area contributed by atoms with Gasteiger partial charge in [0.1, 0.15) is 6.79 Å². The smallest absolute Gasteiger partial charge is 0.311 e. The van der Waals surface area contributed by atoms with E-state index in [-0.39, 0.29) is 13.4 Å². The molecule has 4 nitrogen and oxygen atoms in total. The fraction of sp³-hybridized carbons (Fsp3) is 0.857. The summed E-state index contributed by atoms with van der Waals surface area (Å²) in [4.78, 5) is 10.6. The zero-order chi connectivity index (χ0) is 8.32. The van der Waals surface area contributed by atoms with Crippen LogP contribution in [0.3, 0.4) is 0 Å². The number of ether oxygens (including phenoxy) is 2. The maximum atomic E-state index is 10.6. The average molecular weight is 160 g/mol. The molecule has 0 unspecified atom stereocenters. The van der Waals surface area contributed by atoms with Crippen molar-refractivity contribution in [2.24, 2.45) is 5.41 Å². The fourth-order valence-corrected chi connectivity index (χ4v) is 0.891. The minimum Gasteiger partial charge on any atom is -0.481 e. The maximum Gasteiger partial charge on any atom is 0.311 e. The van der Waals surface area contributed by atoms with Crippen LogP contribution in [0.4, 0.5) is 0 Å². The average Bonchev–Trinajstić information content (AvgIpc) is 2.70. The lowest BCUT2D eigenvalue weighted by molar-refractivity contribution is -0.148. The van der Waals surface area contributed by atoms with Crippen LogP contribution in [0.15, 0.2) is 0 Å². The number of hydrogen-bond donors (Lipinski definition) is 1. The molecule has 0 saturated heterocycles. The Morgan fingerprint density at radius 2 is 2.27 bits per heavy atom. The highest BCUT2D eigenvalue weighted by Gasteiger charge is 2.50. The summed E-state index contributed by atoms with van der Waals surface area (Å²) < 4.78 is 9.60. The van der Waals surface area contributed by atoms with Gasteiger partial charge in [0.25, 0.3) is 0 Å². The van der Waals surface area contributed by atoms with E-state index in [1.54, 1.807) is 0 Å². The van der Waals surface area contributed by atoms with Crippen molar-refractivity contribution in [1.82, 2.24) is 0 Å². The van der Waals surface area contributed by atoms with Crippen molar-refractivity contribution in [3.8, 4) is 0 Å². The van der Waals surface area contributed by atoms with Crippen LogP contribution < -0.4 is 0 Å². The predicted octanol–water partition coefficient (Wildman–Crippen LogP) is 0.472. The van der Waals surface area contributed by atoms with Crippen LogP contribution in [-0.2, 0) is 14.3 Å². The van der Waals surface area contributed by atoms with Crippen molar-refractivity contribution >= 4 is 5.97 Å². The number of carboxylic acid groups (broad SMARTS) is 1. The van der Waals surface area contributed by atoms with Crippen molar-refractivity contribution in [3.05, 3.63) is 0 Å². The molecule has 1 N–H and O–H groups in total. The first-order valence-corrected chi connectivity index (χ1v) is 3.51. The largest absolute Gasteiger partial charge is 0.481 e. The van der Waals surface area contributed by atoms with Gasteiger partial charge in [0.05, 0.1) is 12.0 Å². The standard InChI is InChI=1S/C7H12O4/c1-10-5-11-4-7(2-3-7)6(8)9/h2-5H2,1H3,(H,8,9). The van der Waals surface area contributed by atoms with Gasteiger partial charge in [-0.15, -0.1) is 0 Å². The van der Waals surface area contributed by atoms with Gasteiger partial charge in [-0.25, -0.2) is 0 Å². The molecule has 0 aromatic heterocycles. The van der Waals surface area contributed by atoms with Crippen LogP contribution in [0, 0.1) is 5.41 Å². The van der Waals surface area contributed by atoms with Gasteiger partial charge in [0, 0.05) is 7.11 Å². The van der Waals surface area contributed by atoms with E-state index in [9.17, 15) is 4.79 Å². The lowest BCUT2D eigenvalue weighted by Gasteiger charge is -2.08. The van der Waals surface area contributed by atoms with Gasteiger partial charge in [-0.1, -0.05) is 0 Å². The van der Waals surface area contributed by atoms with Crippen LogP contribution in [0.25, 0.3) is 0 Å². The number of carbonyl (C=O) groups is 1. The summed E-state index contributed by atoms with van der Waals surface area (Å²) in [6, 6.07) is 0. The van der Waals surface area contributed by atoms with Crippen LogP contribution >= 0.6 is 0 Å². The van der Waals surface area contributed by atoms with E-state index in [4.69, 9.17) is 9.84 Å². The molecule has 0 amide bonds. The molecule has 4 heteroatoms. The van der Waals surface area contributed by atoms with Crippen LogP contribution in [-0.4, -0.2) is 31.6 Å². The number of aliphatic carboxylic acids is 1. The van der Waals surface area contributed by atoms with Crippen molar-refractivity contribution in [2.45, 2.75) is 12.8 Å². The third kappa shape index (κ3) is 1.91. The van der Waals surface area contributed by atoms with Gasteiger partial charge in [0.2, 0.25) is 0 Å². The van der Waals surface area contributed by atoms with Crippen molar-refractivity contribution < 1.29 is 19.4 Å². The molecule has 0 aromatic carbocycles. The van der Waals surface area contributed by atoms with Crippen molar-refractivity contribution in [1.29, 1.82) is 0 Å². The molecule has 1 fully saturated rings. The van der Waals surface area contributed by atoms with Gasteiger partial charge < -0.3 is 14.6 Å². The summed E-state index contributed by atoms with van der Waals surface area (Å²) in [7, 11) is 1.51. The number of rotatable bonds is 5. The molecular formula is C7H12O4. The summed E-state index contributed by atoms with van der Waals surface area (Å²) in [5, 5.41) is 8.68. The van der Waals surface area contributed by atoms with Gasteiger partial charge in [-0.3, -0.25) is 4.79 Å². The second-order valence-corrected chi connectivity index (χ2v) is 2.84. The zero-order valence-corrected chi connectivity index (χ0v) is 6.50. The lowest BCUT2D eigenvalue weighted by atomic mass is 10.1. The Kier molecular flexibility index (Phi) is 2.46. The minimum atomic E-state index is -0.756. The second kappa shape index (κ2) is 3.19. The molecule has 1 rings (SSSR count). The first kappa shape index (κ1) is 8.49. The highest BCUT2D eigenvalue weighted by molar-refractivity contribution is 5.77. The Morgan fingerprint density at radius 1 is 1.64 bits per heavy atom. The van der Waals surface area contributed by atoms with E-state index in [0.717, 1.165) is 12.8 Å². The molecule has 0 aromatic rings. The number of methoxy groups -OCH3 is 1. The third-order valence-electron chi connectivity index (χ3n) is 1.89. The molecule has 0 heterocycles. The fourth-order valence-electron chi connectivity index (χ4n) is 0.891. The number of hydrogen-bond acceptors (Lipinski definition) is 3. The van der Waals surface area contributed by atoms with Crippen LogP contribution in [0.1, 0.15) is 12.8 Å². The zero-order valence-electron chi connectivity index (χ0n) is 6.50. The van der Waals surface area contributed by atoms with Crippen LogP contribution in [0.2, 0.25) is 0 Å². The third-order valence-corrected chi connectivity index (χ3v) is 1.89. The quantitative estimate of drug-likeness (QED) is 0.469. The van der Waals surface area contributed by atoms with Gasteiger partial charge >= 0.3 is 5.97 Å². The first-order valence-electron chi connectivity index (χ1n) is 3.51. The Hall–Kier alpha value is -0.610. The maximum absolute atomic E-state index is 10.6. The second-order valence-electron chi connectivity index (χ2n) is 2.84. The molecular weight excluding hydrogens is 148 g/mol. The van der Waals surface area contributed by atoms with E-state index in [1.165, 1.54) is 7.11 Å². The topological polar surface area (TPSA) is 55.8 Å². The molecule has 64 valence electrons. The van der Waals surface area contributed by atoms with Crippen molar-refractivity contribution in [3.63, 3.8) is 0 Å². The van der Waals surface area contributed by atoms with E-state index >= 15 is 0 Å². The number of carboxylic acids is 1. The van der Waals surface area contributed by atoms with Crippen molar-refractivity contribution in [2.75, 3.05) is 20.5 Å². The molecule has 0 atom stereocenters. The first-order chi connectivity index (χ1) is 5.21. The SMILES string of the molecule is COCOCC1(C(=O)O)CC1. The lowest BCUT2D eigenvalue weighted by Crippen LogP contribution is -2.21. The molecule has 1 saturated carbocycles. The van der Waals surface area contributed by atoms with E-state index < -0.39 is 11.4 Å². The molecule has 0 spiro atoms.